The molecule has 25 heavy (non-hydrogen) atoms. The molecule has 1 atom stereocenters. The Morgan fingerprint density at radius 1 is 0.840 bits per heavy atom. The van der Waals surface area contributed by atoms with Crippen molar-refractivity contribution in [1.29, 1.82) is 0 Å². The zero-order chi connectivity index (χ0) is 17.6. The van der Waals surface area contributed by atoms with Gasteiger partial charge in [-0.15, -0.1) is 0 Å². The fraction of sp³-hybridized carbons (Fsp3) is 0.136. The maximum Gasteiger partial charge on any atom is 0.182 e. The van der Waals surface area contributed by atoms with Crippen LogP contribution in [-0.2, 0) is 17.8 Å². The monoisotopic (exact) mass is 347 g/mol. The number of rotatable bonds is 5. The first-order valence-corrected chi connectivity index (χ1v) is 9.38. The molecule has 0 fully saturated rings. The lowest BCUT2D eigenvalue weighted by Crippen LogP contribution is -1.98. The third kappa shape index (κ3) is 5.05. The summed E-state index contributed by atoms with van der Waals surface area (Å²) in [5.74, 6) is 0. The third-order valence-electron chi connectivity index (χ3n) is 3.99. The second kappa shape index (κ2) is 8.15. The first-order valence-electron chi connectivity index (χ1n) is 8.27. The molecule has 0 radical (unpaired) electrons. The van der Waals surface area contributed by atoms with E-state index >= 15 is 0 Å². The summed E-state index contributed by atoms with van der Waals surface area (Å²) < 4.78 is 16.3. The largest absolute Gasteiger partial charge is 0.586 e. The highest BCUT2D eigenvalue weighted by Crippen LogP contribution is 2.14. The SMILES string of the molecule is Cc1ccc([S+]([O-])N=Cc2ccc(Cc3cccc(C)c3)cc2)cc1. The fourth-order valence-corrected chi connectivity index (χ4v) is 3.31. The predicted octanol–water partition coefficient (Wildman–Crippen LogP) is 5.04. The van der Waals surface area contributed by atoms with E-state index in [0.717, 1.165) is 22.4 Å². The Morgan fingerprint density at radius 2 is 1.56 bits per heavy atom. The first kappa shape index (κ1) is 17.5. The molecule has 0 aliphatic carbocycles. The Labute approximate surface area is 152 Å². The van der Waals surface area contributed by atoms with E-state index in [0.29, 0.717) is 0 Å². The van der Waals surface area contributed by atoms with Gasteiger partial charge in [0.25, 0.3) is 0 Å². The number of nitrogens with zero attached hydrogens (tertiary/aromatic N) is 1. The van der Waals surface area contributed by atoms with Crippen molar-refractivity contribution in [1.82, 2.24) is 0 Å². The molecule has 126 valence electrons. The van der Waals surface area contributed by atoms with Crippen LogP contribution in [-0.4, -0.2) is 10.8 Å². The van der Waals surface area contributed by atoms with Crippen LogP contribution in [0.1, 0.15) is 27.8 Å². The lowest BCUT2D eigenvalue weighted by Gasteiger charge is -2.04. The quantitative estimate of drug-likeness (QED) is 0.470. The Hall–Kier alpha value is -2.36. The van der Waals surface area contributed by atoms with Crippen LogP contribution in [0.5, 0.6) is 0 Å². The first-order chi connectivity index (χ1) is 12.1. The van der Waals surface area contributed by atoms with Gasteiger partial charge in [-0.2, -0.15) is 0 Å². The minimum Gasteiger partial charge on any atom is -0.586 e. The number of hydrogen-bond donors (Lipinski definition) is 0. The summed E-state index contributed by atoms with van der Waals surface area (Å²) in [6.45, 7) is 4.12. The van der Waals surface area contributed by atoms with Crippen LogP contribution in [0.25, 0.3) is 0 Å². The lowest BCUT2D eigenvalue weighted by atomic mass is 10.0. The fourth-order valence-electron chi connectivity index (χ4n) is 2.60. The zero-order valence-corrected chi connectivity index (χ0v) is 15.3. The number of benzene rings is 3. The Kier molecular flexibility index (Phi) is 5.69. The molecule has 0 amide bonds. The summed E-state index contributed by atoms with van der Waals surface area (Å²) in [5, 5.41) is 0. The molecule has 2 nitrogen and oxygen atoms in total. The maximum absolute atomic E-state index is 12.2. The van der Waals surface area contributed by atoms with Gasteiger partial charge < -0.3 is 4.55 Å². The van der Waals surface area contributed by atoms with Crippen LogP contribution in [0.3, 0.4) is 0 Å². The molecule has 1 unspecified atom stereocenters. The third-order valence-corrected chi connectivity index (χ3v) is 4.96. The van der Waals surface area contributed by atoms with Gasteiger partial charge in [0.15, 0.2) is 4.90 Å². The lowest BCUT2D eigenvalue weighted by molar-refractivity contribution is 0.597. The topological polar surface area (TPSA) is 35.4 Å². The molecule has 0 bridgehead atoms. The van der Waals surface area contributed by atoms with Gasteiger partial charge in [-0.05, 0) is 49.1 Å². The average Bonchev–Trinajstić information content (AvgIpc) is 2.61. The van der Waals surface area contributed by atoms with Gasteiger partial charge in [-0.25, -0.2) is 0 Å². The van der Waals surface area contributed by atoms with E-state index in [2.05, 4.69) is 47.7 Å². The van der Waals surface area contributed by atoms with Gasteiger partial charge >= 0.3 is 0 Å². The summed E-state index contributed by atoms with van der Waals surface area (Å²) in [7, 11) is 0. The molecule has 3 aromatic rings. The van der Waals surface area contributed by atoms with Gasteiger partial charge in [-0.1, -0.05) is 76.2 Å². The Balaban J connectivity index is 1.64. The van der Waals surface area contributed by atoms with Crippen LogP contribution >= 0.6 is 0 Å². The predicted molar refractivity (Wildman–Crippen MR) is 106 cm³/mol. The van der Waals surface area contributed by atoms with Gasteiger partial charge in [0.1, 0.15) is 11.4 Å². The van der Waals surface area contributed by atoms with E-state index in [1.165, 1.54) is 16.7 Å². The van der Waals surface area contributed by atoms with Crippen molar-refractivity contribution in [2.75, 3.05) is 0 Å². The van der Waals surface area contributed by atoms with E-state index in [1.54, 1.807) is 6.21 Å². The van der Waals surface area contributed by atoms with Crippen molar-refractivity contribution in [3.8, 4) is 0 Å². The van der Waals surface area contributed by atoms with Crippen LogP contribution in [0.2, 0.25) is 0 Å². The van der Waals surface area contributed by atoms with Crippen LogP contribution < -0.4 is 0 Å². The van der Waals surface area contributed by atoms with E-state index < -0.39 is 11.4 Å². The van der Waals surface area contributed by atoms with Crippen molar-refractivity contribution in [3.05, 3.63) is 101 Å². The Bertz CT molecular complexity index is 854. The molecular weight excluding hydrogens is 326 g/mol. The van der Waals surface area contributed by atoms with E-state index in [1.807, 2.05) is 43.3 Å². The van der Waals surface area contributed by atoms with Gasteiger partial charge in [-0.3, -0.25) is 0 Å². The molecule has 0 heterocycles. The van der Waals surface area contributed by atoms with Gasteiger partial charge in [0.05, 0.1) is 6.21 Å². The second-order valence-electron chi connectivity index (χ2n) is 6.20. The van der Waals surface area contributed by atoms with Crippen molar-refractivity contribution in [2.24, 2.45) is 4.40 Å². The maximum atomic E-state index is 12.2. The molecule has 0 saturated carbocycles. The molecule has 0 spiro atoms. The molecule has 0 aliphatic heterocycles. The summed E-state index contributed by atoms with van der Waals surface area (Å²) in [6, 6.07) is 24.4. The van der Waals surface area contributed by atoms with Crippen LogP contribution in [0.15, 0.2) is 82.1 Å². The minimum absolute atomic E-state index is 0.720. The van der Waals surface area contributed by atoms with Gasteiger partial charge in [0.2, 0.25) is 0 Å². The summed E-state index contributed by atoms with van der Waals surface area (Å²) >= 11 is -1.36. The normalized spacial score (nSPS) is 12.4. The van der Waals surface area contributed by atoms with Crippen molar-refractivity contribution >= 4 is 17.6 Å². The summed E-state index contributed by atoms with van der Waals surface area (Å²) in [5.41, 5.74) is 5.94. The summed E-state index contributed by atoms with van der Waals surface area (Å²) in [4.78, 5) is 0.720. The standard InChI is InChI=1S/C22H21NOS/c1-17-6-12-22(13-7-17)25(24)23-16-20-10-8-19(9-11-20)15-21-5-3-4-18(2)14-21/h3-14,16H,15H2,1-2H3. The summed E-state index contributed by atoms with van der Waals surface area (Å²) in [6.07, 6.45) is 2.58. The smallest absolute Gasteiger partial charge is 0.182 e. The molecule has 0 saturated heterocycles. The highest BCUT2D eigenvalue weighted by Gasteiger charge is 2.08. The molecule has 0 N–H and O–H groups in total. The van der Waals surface area contributed by atoms with E-state index in [-0.39, 0.29) is 0 Å². The minimum atomic E-state index is -1.36. The number of hydrogen-bond acceptors (Lipinski definition) is 2. The van der Waals surface area contributed by atoms with E-state index in [4.69, 9.17) is 0 Å². The average molecular weight is 347 g/mol. The molecule has 0 aliphatic rings. The van der Waals surface area contributed by atoms with Crippen molar-refractivity contribution in [3.63, 3.8) is 0 Å². The molecule has 0 aromatic heterocycles. The molecule has 3 aromatic carbocycles. The van der Waals surface area contributed by atoms with Crippen LogP contribution in [0, 0.1) is 13.8 Å². The second-order valence-corrected chi connectivity index (χ2v) is 7.38. The van der Waals surface area contributed by atoms with Crippen molar-refractivity contribution in [2.45, 2.75) is 25.2 Å². The highest BCUT2D eigenvalue weighted by molar-refractivity contribution is 7.90. The van der Waals surface area contributed by atoms with Gasteiger partial charge in [0, 0.05) is 0 Å². The number of aryl methyl sites for hydroxylation is 2. The molecular formula is C22H21NOS. The molecule has 3 heteroatoms. The Morgan fingerprint density at radius 3 is 2.24 bits per heavy atom. The highest BCUT2D eigenvalue weighted by atomic mass is 32.2. The molecule has 3 rings (SSSR count). The zero-order valence-electron chi connectivity index (χ0n) is 14.5. The van der Waals surface area contributed by atoms with Crippen molar-refractivity contribution < 1.29 is 4.55 Å². The van der Waals surface area contributed by atoms with Crippen LogP contribution in [0.4, 0.5) is 0 Å². The van der Waals surface area contributed by atoms with E-state index in [9.17, 15) is 4.55 Å².